The van der Waals surface area contributed by atoms with Gasteiger partial charge in [0.1, 0.15) is 0 Å². The van der Waals surface area contributed by atoms with Crippen molar-refractivity contribution in [3.05, 3.63) is 233 Å². The third-order valence-electron chi connectivity index (χ3n) is 14.2. The maximum Gasteiger partial charge on any atom is 0.0993 e. The first-order valence-corrected chi connectivity index (χ1v) is 24.1. The van der Waals surface area contributed by atoms with Gasteiger partial charge in [0.15, 0.2) is 0 Å². The maximum absolute atomic E-state index is 11.2. The van der Waals surface area contributed by atoms with E-state index in [1.165, 1.54) is 55.6 Å². The number of benzene rings is 9. The molecule has 0 amide bonds. The van der Waals surface area contributed by atoms with E-state index in [1.54, 1.807) is 0 Å². The Labute approximate surface area is 409 Å². The van der Waals surface area contributed by atoms with E-state index in [9.17, 15) is 5.26 Å². The molecule has 12 aromatic rings. The molecule has 0 aliphatic carbocycles. The van der Waals surface area contributed by atoms with Crippen LogP contribution < -0.4 is 0 Å². The first kappa shape index (κ1) is 42.6. The molecule has 12 rings (SSSR count). The summed E-state index contributed by atoms with van der Waals surface area (Å²) in [6.45, 7) is 13.2. The molecule has 0 atom stereocenters. The van der Waals surface area contributed by atoms with E-state index in [-0.39, 0.29) is 0 Å². The van der Waals surface area contributed by atoms with Crippen LogP contribution in [0.2, 0.25) is 0 Å². The molecule has 0 spiro atoms. The summed E-state index contributed by atoms with van der Waals surface area (Å²) in [5.41, 5.74) is 24.9. The Hall–Kier alpha value is -8.78. The van der Waals surface area contributed by atoms with Crippen LogP contribution in [0.3, 0.4) is 0 Å². The van der Waals surface area contributed by atoms with E-state index in [0.29, 0.717) is 5.56 Å². The van der Waals surface area contributed by atoms with Gasteiger partial charge in [0.05, 0.1) is 56.5 Å². The topological polar surface area (TPSA) is 46.5 Å². The summed E-state index contributed by atoms with van der Waals surface area (Å²) in [5, 5.41) is 15.8. The van der Waals surface area contributed by atoms with Gasteiger partial charge in [-0.1, -0.05) is 145 Å². The SMILES string of the molecule is Cc1cc(C)c(-c2ccc3c(c2)c2ccccc2n3-c2cc(C#N)cc(-n3c4ccccc4c4cc(-c5c(C)cc(C)cc5C)ccc43)c2-c2cc(-c3ccccc3)nc(-c3ccccc3)c2)c(C)c1. The normalized spacial score (nSPS) is 11.6. The molecular weight excluding hydrogens is 849 g/mol. The van der Waals surface area contributed by atoms with Crippen molar-refractivity contribution < 1.29 is 0 Å². The second kappa shape index (κ2) is 16.8. The third-order valence-corrected chi connectivity index (χ3v) is 14.2. The Balaban J connectivity index is 1.22. The second-order valence-corrected chi connectivity index (χ2v) is 19.1. The van der Waals surface area contributed by atoms with E-state index < -0.39 is 0 Å². The molecule has 0 unspecified atom stereocenters. The minimum Gasteiger partial charge on any atom is -0.308 e. The second-order valence-electron chi connectivity index (χ2n) is 19.1. The van der Waals surface area contributed by atoms with Crippen LogP contribution in [-0.4, -0.2) is 14.1 Å². The highest BCUT2D eigenvalue weighted by Gasteiger charge is 2.25. The first-order valence-electron chi connectivity index (χ1n) is 24.1. The molecule has 3 aromatic heterocycles. The van der Waals surface area contributed by atoms with Crippen molar-refractivity contribution in [2.24, 2.45) is 0 Å². The molecule has 4 nitrogen and oxygen atoms in total. The molecule has 0 fully saturated rings. The van der Waals surface area contributed by atoms with Crippen LogP contribution in [0.4, 0.5) is 0 Å². The van der Waals surface area contributed by atoms with Gasteiger partial charge in [-0.25, -0.2) is 4.98 Å². The van der Waals surface area contributed by atoms with Gasteiger partial charge in [-0.3, -0.25) is 0 Å². The highest BCUT2D eigenvalue weighted by Crippen LogP contribution is 2.46. The van der Waals surface area contributed by atoms with Crippen LogP contribution >= 0.6 is 0 Å². The van der Waals surface area contributed by atoms with Gasteiger partial charge in [0, 0.05) is 38.2 Å². The van der Waals surface area contributed by atoms with Gasteiger partial charge >= 0.3 is 0 Å². The van der Waals surface area contributed by atoms with Crippen molar-refractivity contribution in [3.8, 4) is 73.3 Å². The summed E-state index contributed by atoms with van der Waals surface area (Å²) in [6, 6.07) is 72.5. The number of rotatable bonds is 7. The van der Waals surface area contributed by atoms with Crippen LogP contribution in [0.25, 0.3) is 111 Å². The van der Waals surface area contributed by atoms with Gasteiger partial charge in [-0.05, 0) is 152 Å². The highest BCUT2D eigenvalue weighted by atomic mass is 15.0. The van der Waals surface area contributed by atoms with Gasteiger partial charge < -0.3 is 9.13 Å². The monoisotopic (exact) mass is 898 g/mol. The number of nitriles is 1. The average molecular weight is 899 g/mol. The Bertz CT molecular complexity index is 3820. The summed E-state index contributed by atoms with van der Waals surface area (Å²) < 4.78 is 4.78. The Kier molecular flexibility index (Phi) is 10.2. The number of para-hydroxylation sites is 2. The first-order chi connectivity index (χ1) is 34.1. The van der Waals surface area contributed by atoms with Gasteiger partial charge in [0.2, 0.25) is 0 Å². The third kappa shape index (κ3) is 7.01. The minimum atomic E-state index is 0.566. The molecule has 0 saturated heterocycles. The van der Waals surface area contributed by atoms with Crippen LogP contribution in [0.15, 0.2) is 194 Å². The van der Waals surface area contributed by atoms with Gasteiger partial charge in [0.25, 0.3) is 0 Å². The van der Waals surface area contributed by atoms with Crippen molar-refractivity contribution in [3.63, 3.8) is 0 Å². The lowest BCUT2D eigenvalue weighted by molar-refractivity contribution is 1.13. The molecule has 334 valence electrons. The number of aryl methyl sites for hydroxylation is 6. The minimum absolute atomic E-state index is 0.566. The molecule has 9 aromatic carbocycles. The number of hydrogen-bond donors (Lipinski definition) is 0. The molecule has 4 heteroatoms. The summed E-state index contributed by atoms with van der Waals surface area (Å²) in [5.74, 6) is 0. The lowest BCUT2D eigenvalue weighted by Gasteiger charge is -2.22. The summed E-state index contributed by atoms with van der Waals surface area (Å²) in [7, 11) is 0. The zero-order valence-corrected chi connectivity index (χ0v) is 40.3. The van der Waals surface area contributed by atoms with E-state index in [2.05, 4.69) is 239 Å². The standard InChI is InChI=1S/C66H50N4/c1-40-29-42(3)64(43(4)30-40)49-25-27-60-54(35-49)52-21-13-15-23-58(52)69(60)62-33-46(39-67)34-63(66(62)51-37-56(47-17-9-7-10-18-47)68-57(38-51)48-19-11-8-12-20-48)70-59-24-16-14-22-53(59)55-36-50(26-28-61(55)70)65-44(5)31-41(2)32-45(65)6/h7-38H,1-6H3. The zero-order chi connectivity index (χ0) is 47.8. The summed E-state index contributed by atoms with van der Waals surface area (Å²) >= 11 is 0. The van der Waals surface area contributed by atoms with E-state index >= 15 is 0 Å². The van der Waals surface area contributed by atoms with Crippen molar-refractivity contribution in [2.45, 2.75) is 41.5 Å². The number of pyridine rings is 1. The largest absolute Gasteiger partial charge is 0.308 e. The lowest BCUT2D eigenvalue weighted by atomic mass is 9.93. The molecule has 0 radical (unpaired) electrons. The molecular formula is C66H50N4. The van der Waals surface area contributed by atoms with E-state index in [0.717, 1.165) is 88.6 Å². The van der Waals surface area contributed by atoms with Crippen molar-refractivity contribution in [1.82, 2.24) is 14.1 Å². The van der Waals surface area contributed by atoms with Gasteiger partial charge in [-0.15, -0.1) is 0 Å². The van der Waals surface area contributed by atoms with Crippen LogP contribution in [0.1, 0.15) is 38.9 Å². The molecule has 0 aliphatic rings. The quantitative estimate of drug-likeness (QED) is 0.160. The predicted molar refractivity (Wildman–Crippen MR) is 293 cm³/mol. The van der Waals surface area contributed by atoms with Crippen LogP contribution in [-0.2, 0) is 0 Å². The van der Waals surface area contributed by atoms with Crippen LogP contribution in [0.5, 0.6) is 0 Å². The van der Waals surface area contributed by atoms with Crippen LogP contribution in [0, 0.1) is 52.9 Å². The Morgan fingerprint density at radius 3 is 1.14 bits per heavy atom. The maximum atomic E-state index is 11.2. The fourth-order valence-electron chi connectivity index (χ4n) is 11.6. The molecule has 70 heavy (non-hydrogen) atoms. The zero-order valence-electron chi connectivity index (χ0n) is 40.3. The van der Waals surface area contributed by atoms with Crippen molar-refractivity contribution in [1.29, 1.82) is 5.26 Å². The lowest BCUT2D eigenvalue weighted by Crippen LogP contribution is -2.06. The van der Waals surface area contributed by atoms with Crippen molar-refractivity contribution >= 4 is 43.6 Å². The Morgan fingerprint density at radius 2 is 0.729 bits per heavy atom. The van der Waals surface area contributed by atoms with Crippen molar-refractivity contribution in [2.75, 3.05) is 0 Å². The smallest absolute Gasteiger partial charge is 0.0993 e. The van der Waals surface area contributed by atoms with E-state index in [1.807, 2.05) is 12.1 Å². The highest BCUT2D eigenvalue weighted by molar-refractivity contribution is 6.13. The average Bonchev–Trinajstić information content (AvgIpc) is 3.88. The fourth-order valence-corrected chi connectivity index (χ4v) is 11.6. The fraction of sp³-hybridized carbons (Fsp3) is 0.0909. The molecule has 0 saturated carbocycles. The molecule has 0 N–H and O–H groups in total. The Morgan fingerprint density at radius 1 is 0.343 bits per heavy atom. The van der Waals surface area contributed by atoms with Gasteiger partial charge in [-0.2, -0.15) is 5.26 Å². The molecule has 0 bridgehead atoms. The number of aromatic nitrogens is 3. The molecule has 3 heterocycles. The number of nitrogens with zero attached hydrogens (tertiary/aromatic N) is 4. The number of hydrogen-bond acceptors (Lipinski definition) is 2. The predicted octanol–water partition coefficient (Wildman–Crippen LogP) is 17.3. The molecule has 0 aliphatic heterocycles. The number of fused-ring (bicyclic) bond motifs is 6. The summed E-state index contributed by atoms with van der Waals surface area (Å²) in [6.07, 6.45) is 0. The summed E-state index contributed by atoms with van der Waals surface area (Å²) in [4.78, 5) is 5.37. The van der Waals surface area contributed by atoms with E-state index in [4.69, 9.17) is 4.98 Å².